The molecule has 3 heteroatoms. The molecule has 1 aromatic heterocycles. The Morgan fingerprint density at radius 1 is 1.12 bits per heavy atom. The highest BCUT2D eigenvalue weighted by Crippen LogP contribution is 2.23. The van der Waals surface area contributed by atoms with E-state index in [1.54, 1.807) is 24.5 Å². The van der Waals surface area contributed by atoms with Crippen LogP contribution >= 0.6 is 11.6 Å². The third kappa shape index (κ3) is 2.40. The molecule has 0 radical (unpaired) electrons. The fourth-order valence-corrected chi connectivity index (χ4v) is 1.69. The molecule has 1 heterocycles. The Balaban J connectivity index is 2.31. The molecule has 0 aliphatic carbocycles. The lowest BCUT2D eigenvalue weighted by Crippen LogP contribution is -2.00. The molecule has 1 aromatic carbocycles. The average molecular weight is 234 g/mol. The van der Waals surface area contributed by atoms with Crippen molar-refractivity contribution in [2.75, 3.05) is 0 Å². The molecule has 2 nitrogen and oxygen atoms in total. The van der Waals surface area contributed by atoms with Crippen molar-refractivity contribution in [1.82, 2.24) is 4.98 Å². The molecule has 0 spiro atoms. The molecule has 0 bridgehead atoms. The Bertz CT molecular complexity index is 482. The molecule has 0 saturated heterocycles. The van der Waals surface area contributed by atoms with Gasteiger partial charge in [-0.15, -0.1) is 0 Å². The first-order valence-electron chi connectivity index (χ1n) is 5.02. The number of benzene rings is 1. The molecule has 2 aromatic rings. The predicted octanol–water partition coefficient (Wildman–Crippen LogP) is 3.13. The van der Waals surface area contributed by atoms with E-state index in [2.05, 4.69) is 4.98 Å². The van der Waals surface area contributed by atoms with Gasteiger partial charge in [0.15, 0.2) is 0 Å². The highest BCUT2D eigenvalue weighted by molar-refractivity contribution is 6.30. The normalized spacial score (nSPS) is 12.4. The van der Waals surface area contributed by atoms with Crippen LogP contribution in [0.25, 0.3) is 0 Å². The summed E-state index contributed by atoms with van der Waals surface area (Å²) in [5, 5.41) is 10.8. The van der Waals surface area contributed by atoms with Crippen molar-refractivity contribution in [2.24, 2.45) is 0 Å². The van der Waals surface area contributed by atoms with Gasteiger partial charge in [-0.2, -0.15) is 0 Å². The Morgan fingerprint density at radius 2 is 1.81 bits per heavy atom. The van der Waals surface area contributed by atoms with Crippen molar-refractivity contribution < 1.29 is 5.11 Å². The van der Waals surface area contributed by atoms with Crippen molar-refractivity contribution in [3.05, 3.63) is 64.4 Å². The lowest BCUT2D eigenvalue weighted by atomic mass is 10.0. The van der Waals surface area contributed by atoms with Gasteiger partial charge >= 0.3 is 0 Å². The van der Waals surface area contributed by atoms with Crippen LogP contribution in [0.2, 0.25) is 5.02 Å². The average Bonchev–Trinajstić information content (AvgIpc) is 2.29. The van der Waals surface area contributed by atoms with Crippen LogP contribution in [0.15, 0.2) is 42.7 Å². The van der Waals surface area contributed by atoms with E-state index in [1.807, 2.05) is 25.1 Å². The first-order valence-corrected chi connectivity index (χ1v) is 5.39. The van der Waals surface area contributed by atoms with Crippen molar-refractivity contribution in [3.8, 4) is 0 Å². The van der Waals surface area contributed by atoms with E-state index in [0.29, 0.717) is 5.02 Å². The summed E-state index contributed by atoms with van der Waals surface area (Å²) in [6.45, 7) is 1.95. The van der Waals surface area contributed by atoms with Crippen LogP contribution in [0.5, 0.6) is 0 Å². The SMILES string of the molecule is Cc1cncc(C(O)c2ccc(Cl)cc2)c1. The molecule has 1 N–H and O–H groups in total. The monoisotopic (exact) mass is 233 g/mol. The minimum Gasteiger partial charge on any atom is -0.384 e. The second-order valence-electron chi connectivity index (χ2n) is 3.75. The summed E-state index contributed by atoms with van der Waals surface area (Å²) in [7, 11) is 0. The molecule has 0 amide bonds. The minimum atomic E-state index is -0.648. The zero-order chi connectivity index (χ0) is 11.5. The number of aliphatic hydroxyl groups excluding tert-OH is 1. The van der Waals surface area contributed by atoms with Gasteiger partial charge in [-0.3, -0.25) is 4.98 Å². The Morgan fingerprint density at radius 3 is 2.44 bits per heavy atom. The van der Waals surface area contributed by atoms with Crippen molar-refractivity contribution >= 4 is 11.6 Å². The van der Waals surface area contributed by atoms with Crippen molar-refractivity contribution in [1.29, 1.82) is 0 Å². The second kappa shape index (κ2) is 4.64. The van der Waals surface area contributed by atoms with Gasteiger partial charge in [0.2, 0.25) is 0 Å². The van der Waals surface area contributed by atoms with Crippen LogP contribution in [0.3, 0.4) is 0 Å². The van der Waals surface area contributed by atoms with E-state index in [9.17, 15) is 5.11 Å². The molecule has 1 unspecified atom stereocenters. The number of nitrogens with zero attached hydrogens (tertiary/aromatic N) is 1. The second-order valence-corrected chi connectivity index (χ2v) is 4.19. The fourth-order valence-electron chi connectivity index (χ4n) is 1.57. The first-order chi connectivity index (χ1) is 7.66. The number of pyridine rings is 1. The molecule has 1 atom stereocenters. The van der Waals surface area contributed by atoms with Gasteiger partial charge in [-0.05, 0) is 30.2 Å². The van der Waals surface area contributed by atoms with Gasteiger partial charge in [0, 0.05) is 23.0 Å². The molecule has 2 rings (SSSR count). The Kier molecular flexibility index (Phi) is 3.22. The first kappa shape index (κ1) is 11.1. The van der Waals surface area contributed by atoms with Gasteiger partial charge in [-0.1, -0.05) is 29.8 Å². The molecule has 82 valence electrons. The Labute approximate surface area is 99.5 Å². The summed E-state index contributed by atoms with van der Waals surface area (Å²) < 4.78 is 0. The summed E-state index contributed by atoms with van der Waals surface area (Å²) in [5.41, 5.74) is 2.64. The van der Waals surface area contributed by atoms with Crippen LogP contribution in [-0.4, -0.2) is 10.1 Å². The summed E-state index contributed by atoms with van der Waals surface area (Å²) in [4.78, 5) is 4.06. The highest BCUT2D eigenvalue weighted by atomic mass is 35.5. The number of aryl methyl sites for hydroxylation is 1. The summed E-state index contributed by atoms with van der Waals surface area (Å²) in [6.07, 6.45) is 2.79. The molecule has 0 aliphatic heterocycles. The van der Waals surface area contributed by atoms with Crippen LogP contribution in [0, 0.1) is 6.92 Å². The van der Waals surface area contributed by atoms with Crippen molar-refractivity contribution in [3.63, 3.8) is 0 Å². The van der Waals surface area contributed by atoms with E-state index < -0.39 is 6.10 Å². The van der Waals surface area contributed by atoms with Gasteiger partial charge < -0.3 is 5.11 Å². The molecular formula is C13H12ClNO. The number of rotatable bonds is 2. The number of aliphatic hydroxyl groups is 1. The molecule has 0 aliphatic rings. The van der Waals surface area contributed by atoms with Gasteiger partial charge in [0.05, 0.1) is 0 Å². The molecule has 16 heavy (non-hydrogen) atoms. The third-order valence-electron chi connectivity index (χ3n) is 2.40. The van der Waals surface area contributed by atoms with Crippen molar-refractivity contribution in [2.45, 2.75) is 13.0 Å². The smallest absolute Gasteiger partial charge is 0.106 e. The molecular weight excluding hydrogens is 222 g/mol. The van der Waals surface area contributed by atoms with E-state index in [-0.39, 0.29) is 0 Å². The number of hydrogen-bond acceptors (Lipinski definition) is 2. The third-order valence-corrected chi connectivity index (χ3v) is 2.65. The van der Waals surface area contributed by atoms with Crippen LogP contribution < -0.4 is 0 Å². The zero-order valence-corrected chi connectivity index (χ0v) is 9.65. The number of halogens is 1. The van der Waals surface area contributed by atoms with E-state index in [0.717, 1.165) is 16.7 Å². The Hall–Kier alpha value is -1.38. The summed E-state index contributed by atoms with van der Waals surface area (Å²) in [6, 6.07) is 9.09. The van der Waals surface area contributed by atoms with Gasteiger partial charge in [0.25, 0.3) is 0 Å². The van der Waals surface area contributed by atoms with E-state index in [4.69, 9.17) is 11.6 Å². The van der Waals surface area contributed by atoms with Crippen LogP contribution in [0.1, 0.15) is 22.8 Å². The fraction of sp³-hybridized carbons (Fsp3) is 0.154. The number of hydrogen-bond donors (Lipinski definition) is 1. The number of aromatic nitrogens is 1. The van der Waals surface area contributed by atoms with E-state index in [1.165, 1.54) is 0 Å². The lowest BCUT2D eigenvalue weighted by molar-refractivity contribution is 0.220. The standard InChI is InChI=1S/C13H12ClNO/c1-9-6-11(8-15-7-9)13(16)10-2-4-12(14)5-3-10/h2-8,13,16H,1H3. The maximum atomic E-state index is 10.1. The lowest BCUT2D eigenvalue weighted by Gasteiger charge is -2.11. The summed E-state index contributed by atoms with van der Waals surface area (Å²) >= 11 is 5.79. The van der Waals surface area contributed by atoms with Crippen LogP contribution in [0.4, 0.5) is 0 Å². The molecule has 0 fully saturated rings. The predicted molar refractivity (Wildman–Crippen MR) is 64.5 cm³/mol. The topological polar surface area (TPSA) is 33.1 Å². The quantitative estimate of drug-likeness (QED) is 0.865. The van der Waals surface area contributed by atoms with E-state index >= 15 is 0 Å². The van der Waals surface area contributed by atoms with Gasteiger partial charge in [0.1, 0.15) is 6.10 Å². The highest BCUT2D eigenvalue weighted by Gasteiger charge is 2.10. The zero-order valence-electron chi connectivity index (χ0n) is 8.89. The minimum absolute atomic E-state index is 0.648. The van der Waals surface area contributed by atoms with Gasteiger partial charge in [-0.25, -0.2) is 0 Å². The molecule has 0 saturated carbocycles. The van der Waals surface area contributed by atoms with Crippen LogP contribution in [-0.2, 0) is 0 Å². The summed E-state index contributed by atoms with van der Waals surface area (Å²) in [5.74, 6) is 0. The maximum absolute atomic E-state index is 10.1. The largest absolute Gasteiger partial charge is 0.384 e. The maximum Gasteiger partial charge on any atom is 0.106 e.